The minimum atomic E-state index is -3.79. The number of rotatable bonds is 4. The minimum absolute atomic E-state index is 0.0410. The van der Waals surface area contributed by atoms with Crippen LogP contribution < -0.4 is 5.32 Å². The number of ether oxygens (including phenoxy) is 1. The zero-order valence-electron chi connectivity index (χ0n) is 16.9. The maximum Gasteiger partial charge on any atom is 0.407 e. The Morgan fingerprint density at radius 1 is 1.17 bits per heavy atom. The van der Waals surface area contributed by atoms with E-state index < -0.39 is 27.3 Å². The first-order valence-corrected chi connectivity index (χ1v) is 11.2. The monoisotopic (exact) mass is 419 g/mol. The molecule has 0 aromatic heterocycles. The van der Waals surface area contributed by atoms with Gasteiger partial charge < -0.3 is 10.1 Å². The molecule has 1 amide bonds. The summed E-state index contributed by atoms with van der Waals surface area (Å²) in [4.78, 5) is 12.0. The Kier molecular flexibility index (Phi) is 5.98. The number of sulfone groups is 1. The van der Waals surface area contributed by atoms with Crippen LogP contribution in [-0.4, -0.2) is 26.7 Å². The number of carbonyl (C=O) groups is 1. The number of benzene rings is 2. The van der Waals surface area contributed by atoms with Crippen molar-refractivity contribution in [3.05, 3.63) is 59.4 Å². The van der Waals surface area contributed by atoms with E-state index in [1.807, 2.05) is 0 Å². The number of fused-ring (bicyclic) bond motifs is 1. The molecule has 1 aliphatic rings. The zero-order valence-corrected chi connectivity index (χ0v) is 17.7. The van der Waals surface area contributed by atoms with Crippen LogP contribution in [0.25, 0.3) is 0 Å². The Morgan fingerprint density at radius 3 is 2.52 bits per heavy atom. The van der Waals surface area contributed by atoms with E-state index >= 15 is 4.39 Å². The van der Waals surface area contributed by atoms with Crippen molar-refractivity contribution < 1.29 is 22.3 Å². The SMILES string of the molecule is CC(C)(C)OC(=O)NCC1CCCc2cc(S(=O)(=O)c3ccccc3)cc(F)c21. The van der Waals surface area contributed by atoms with E-state index in [4.69, 9.17) is 4.74 Å². The standard InChI is InChI=1S/C22H26FNO4S/c1-22(2,3)28-21(25)24-14-16-9-7-8-15-12-18(13-19(23)20(15)16)29(26,27)17-10-5-4-6-11-17/h4-6,10-13,16H,7-9,14H2,1-3H3,(H,24,25). The van der Waals surface area contributed by atoms with Crippen molar-refractivity contribution in [2.24, 2.45) is 0 Å². The number of hydrogen-bond acceptors (Lipinski definition) is 4. The van der Waals surface area contributed by atoms with Gasteiger partial charge in [-0.25, -0.2) is 17.6 Å². The Bertz CT molecular complexity index is 997. The van der Waals surface area contributed by atoms with Crippen LogP contribution in [0.3, 0.4) is 0 Å². The molecule has 5 nitrogen and oxygen atoms in total. The van der Waals surface area contributed by atoms with E-state index in [-0.39, 0.29) is 22.3 Å². The van der Waals surface area contributed by atoms with Crippen LogP contribution in [0.15, 0.2) is 52.3 Å². The van der Waals surface area contributed by atoms with Crippen molar-refractivity contribution in [2.75, 3.05) is 6.54 Å². The molecule has 0 saturated heterocycles. The lowest BCUT2D eigenvalue weighted by atomic mass is 9.82. The molecule has 0 spiro atoms. The topological polar surface area (TPSA) is 72.5 Å². The van der Waals surface area contributed by atoms with Gasteiger partial charge in [0, 0.05) is 12.5 Å². The Morgan fingerprint density at radius 2 is 1.86 bits per heavy atom. The summed E-state index contributed by atoms with van der Waals surface area (Å²) in [5, 5.41) is 2.70. The summed E-state index contributed by atoms with van der Waals surface area (Å²) in [6.07, 6.45) is 1.56. The maximum absolute atomic E-state index is 15.0. The van der Waals surface area contributed by atoms with E-state index in [1.54, 1.807) is 45.0 Å². The molecule has 156 valence electrons. The number of alkyl carbamates (subject to hydrolysis) is 1. The molecule has 1 aliphatic carbocycles. The van der Waals surface area contributed by atoms with E-state index in [1.165, 1.54) is 12.1 Å². The van der Waals surface area contributed by atoms with Crippen molar-refractivity contribution in [1.29, 1.82) is 0 Å². The normalized spacial score (nSPS) is 16.8. The van der Waals surface area contributed by atoms with E-state index in [0.29, 0.717) is 24.0 Å². The number of amides is 1. The van der Waals surface area contributed by atoms with Crippen LogP contribution in [0.1, 0.15) is 50.7 Å². The molecular formula is C22H26FNO4S. The summed E-state index contributed by atoms with van der Waals surface area (Å²) in [5.74, 6) is -0.771. The van der Waals surface area contributed by atoms with Gasteiger partial charge in [-0.3, -0.25) is 0 Å². The fourth-order valence-corrected chi connectivity index (χ4v) is 4.95. The average molecular weight is 420 g/mol. The third-order valence-electron chi connectivity index (χ3n) is 4.85. The fraction of sp³-hybridized carbons (Fsp3) is 0.409. The lowest BCUT2D eigenvalue weighted by molar-refractivity contribution is 0.0523. The molecule has 2 aromatic rings. The lowest BCUT2D eigenvalue weighted by Crippen LogP contribution is -2.35. The second-order valence-electron chi connectivity index (χ2n) is 8.27. The maximum atomic E-state index is 15.0. The molecule has 1 N–H and O–H groups in total. The van der Waals surface area contributed by atoms with Crippen LogP contribution in [0, 0.1) is 5.82 Å². The van der Waals surface area contributed by atoms with Gasteiger partial charge in [-0.1, -0.05) is 18.2 Å². The van der Waals surface area contributed by atoms with Gasteiger partial charge in [0.2, 0.25) is 9.84 Å². The molecule has 0 heterocycles. The molecule has 0 bridgehead atoms. The fourth-order valence-electron chi connectivity index (χ4n) is 3.61. The molecule has 1 atom stereocenters. The summed E-state index contributed by atoms with van der Waals surface area (Å²) in [6.45, 7) is 5.56. The van der Waals surface area contributed by atoms with Crippen LogP contribution >= 0.6 is 0 Å². The summed E-state index contributed by atoms with van der Waals surface area (Å²) < 4.78 is 46.0. The molecule has 0 radical (unpaired) electrons. The number of aryl methyl sites for hydroxylation is 1. The largest absolute Gasteiger partial charge is 0.444 e. The molecule has 29 heavy (non-hydrogen) atoms. The first-order chi connectivity index (χ1) is 13.6. The molecule has 0 aliphatic heterocycles. The molecule has 0 fully saturated rings. The molecule has 0 saturated carbocycles. The van der Waals surface area contributed by atoms with Gasteiger partial charge >= 0.3 is 6.09 Å². The van der Waals surface area contributed by atoms with Crippen LogP contribution in [0.5, 0.6) is 0 Å². The summed E-state index contributed by atoms with van der Waals surface area (Å²) in [7, 11) is -3.79. The van der Waals surface area contributed by atoms with Gasteiger partial charge in [-0.2, -0.15) is 0 Å². The number of halogens is 1. The van der Waals surface area contributed by atoms with E-state index in [2.05, 4.69) is 5.32 Å². The highest BCUT2D eigenvalue weighted by Gasteiger charge is 2.28. The third kappa shape index (κ3) is 4.96. The van der Waals surface area contributed by atoms with Crippen molar-refractivity contribution >= 4 is 15.9 Å². The summed E-state index contributed by atoms with van der Waals surface area (Å²) in [5.41, 5.74) is 0.557. The second kappa shape index (κ2) is 8.14. The van der Waals surface area contributed by atoms with E-state index in [9.17, 15) is 13.2 Å². The van der Waals surface area contributed by atoms with Crippen molar-refractivity contribution in [2.45, 2.75) is 61.3 Å². The van der Waals surface area contributed by atoms with Gasteiger partial charge in [0.05, 0.1) is 9.79 Å². The Balaban J connectivity index is 1.85. The number of hydrogen-bond donors (Lipinski definition) is 1. The van der Waals surface area contributed by atoms with Crippen LogP contribution in [-0.2, 0) is 21.0 Å². The molecule has 7 heteroatoms. The highest BCUT2D eigenvalue weighted by atomic mass is 32.2. The second-order valence-corrected chi connectivity index (χ2v) is 10.2. The van der Waals surface area contributed by atoms with Gasteiger partial charge in [0.1, 0.15) is 11.4 Å². The van der Waals surface area contributed by atoms with Gasteiger partial charge in [-0.05, 0) is 75.4 Å². The van der Waals surface area contributed by atoms with Gasteiger partial charge in [0.25, 0.3) is 0 Å². The minimum Gasteiger partial charge on any atom is -0.444 e. The lowest BCUT2D eigenvalue weighted by Gasteiger charge is -2.27. The quantitative estimate of drug-likeness (QED) is 0.786. The summed E-state index contributed by atoms with van der Waals surface area (Å²) in [6, 6.07) is 10.7. The van der Waals surface area contributed by atoms with Crippen LogP contribution in [0.2, 0.25) is 0 Å². The molecule has 2 aromatic carbocycles. The Labute approximate surface area is 171 Å². The van der Waals surface area contributed by atoms with Crippen LogP contribution in [0.4, 0.5) is 9.18 Å². The zero-order chi connectivity index (χ0) is 21.2. The number of nitrogens with one attached hydrogen (secondary N) is 1. The van der Waals surface area contributed by atoms with Crippen molar-refractivity contribution in [3.8, 4) is 0 Å². The molecular weight excluding hydrogens is 393 g/mol. The predicted molar refractivity (Wildman–Crippen MR) is 108 cm³/mol. The average Bonchev–Trinajstić information content (AvgIpc) is 2.65. The van der Waals surface area contributed by atoms with Crippen molar-refractivity contribution in [3.63, 3.8) is 0 Å². The smallest absolute Gasteiger partial charge is 0.407 e. The number of carbonyl (C=O) groups excluding carboxylic acids is 1. The van der Waals surface area contributed by atoms with Gasteiger partial charge in [-0.15, -0.1) is 0 Å². The van der Waals surface area contributed by atoms with Crippen molar-refractivity contribution in [1.82, 2.24) is 5.32 Å². The van der Waals surface area contributed by atoms with Gasteiger partial charge in [0.15, 0.2) is 0 Å². The predicted octanol–water partition coefficient (Wildman–Crippen LogP) is 4.60. The van der Waals surface area contributed by atoms with E-state index in [0.717, 1.165) is 12.5 Å². The molecule has 1 unspecified atom stereocenters. The first kappa shape index (κ1) is 21.3. The highest BCUT2D eigenvalue weighted by Crippen LogP contribution is 2.36. The third-order valence-corrected chi connectivity index (χ3v) is 6.60. The molecule has 3 rings (SSSR count). The highest BCUT2D eigenvalue weighted by molar-refractivity contribution is 7.91. The Hall–Kier alpha value is -2.41. The first-order valence-electron chi connectivity index (χ1n) is 9.67. The summed E-state index contributed by atoms with van der Waals surface area (Å²) >= 11 is 0.